The fraction of sp³-hybridized carbons (Fsp3) is 0.143. The van der Waals surface area contributed by atoms with Crippen LogP contribution in [-0.4, -0.2) is 17.4 Å². The number of halogens is 1. The normalized spacial score (nSPS) is 10.2. The lowest BCUT2D eigenvalue weighted by Gasteiger charge is -2.04. The Morgan fingerprint density at radius 2 is 1.89 bits per heavy atom. The van der Waals surface area contributed by atoms with Gasteiger partial charge >= 0.3 is 0 Å². The van der Waals surface area contributed by atoms with Gasteiger partial charge in [0.25, 0.3) is 11.5 Å². The molecule has 1 aromatic heterocycles. The number of benzene rings is 1. The van der Waals surface area contributed by atoms with Crippen LogP contribution in [0.2, 0.25) is 0 Å². The second kappa shape index (κ2) is 5.48. The molecule has 0 atom stereocenters. The summed E-state index contributed by atoms with van der Waals surface area (Å²) >= 11 is 0. The number of pyridine rings is 1. The Bertz CT molecular complexity index is 647. The third-order valence-electron chi connectivity index (χ3n) is 2.65. The number of aromatic amines is 1. The summed E-state index contributed by atoms with van der Waals surface area (Å²) in [5.74, 6) is -0.751. The molecule has 0 saturated carbocycles. The lowest BCUT2D eigenvalue weighted by molar-refractivity contribution is 0.0954. The zero-order chi connectivity index (χ0) is 13.8. The van der Waals surface area contributed by atoms with E-state index < -0.39 is 11.5 Å². The molecule has 0 radical (unpaired) electrons. The van der Waals surface area contributed by atoms with Gasteiger partial charge in [-0.3, -0.25) is 9.59 Å². The van der Waals surface area contributed by atoms with Crippen LogP contribution >= 0.6 is 0 Å². The van der Waals surface area contributed by atoms with E-state index >= 15 is 0 Å². The number of rotatable bonds is 3. The molecule has 1 aromatic carbocycles. The fourth-order valence-electron chi connectivity index (χ4n) is 1.71. The Labute approximate surface area is 109 Å². The number of hydrogen-bond donors (Lipinski definition) is 2. The Kier molecular flexibility index (Phi) is 3.75. The smallest absolute Gasteiger partial charge is 0.261 e. The van der Waals surface area contributed by atoms with E-state index in [0.29, 0.717) is 17.8 Å². The molecule has 0 saturated heterocycles. The molecule has 0 aliphatic heterocycles. The van der Waals surface area contributed by atoms with Crippen molar-refractivity contribution in [1.82, 2.24) is 10.3 Å². The van der Waals surface area contributed by atoms with Gasteiger partial charge in [0.15, 0.2) is 0 Å². The maximum absolute atomic E-state index is 12.8. The topological polar surface area (TPSA) is 62.0 Å². The van der Waals surface area contributed by atoms with Crippen LogP contribution < -0.4 is 10.9 Å². The average molecular weight is 260 g/mol. The van der Waals surface area contributed by atoms with Crippen molar-refractivity contribution in [2.45, 2.75) is 6.92 Å². The van der Waals surface area contributed by atoms with Crippen molar-refractivity contribution in [3.05, 3.63) is 58.1 Å². The van der Waals surface area contributed by atoms with E-state index in [-0.39, 0.29) is 11.4 Å². The molecule has 0 aliphatic rings. The highest BCUT2D eigenvalue weighted by Gasteiger charge is 2.10. The SMILES string of the molecule is CCNC(=O)c1ccc(-c2ccc(F)cc2)[nH]c1=O. The molecule has 2 N–H and O–H groups in total. The first kappa shape index (κ1) is 13.0. The standard InChI is InChI=1S/C14H13FN2O2/c1-2-16-13(18)11-7-8-12(17-14(11)19)9-3-5-10(15)6-4-9/h3-8H,2H2,1H3,(H,16,18)(H,17,19). The Hall–Kier alpha value is -2.43. The summed E-state index contributed by atoms with van der Waals surface area (Å²) in [6.45, 7) is 2.23. The zero-order valence-corrected chi connectivity index (χ0v) is 10.4. The van der Waals surface area contributed by atoms with Gasteiger partial charge in [-0.15, -0.1) is 0 Å². The quantitative estimate of drug-likeness (QED) is 0.885. The first-order valence-electron chi connectivity index (χ1n) is 5.89. The molecule has 0 bridgehead atoms. The monoisotopic (exact) mass is 260 g/mol. The summed E-state index contributed by atoms with van der Waals surface area (Å²) in [6.07, 6.45) is 0. The van der Waals surface area contributed by atoms with Crippen LogP contribution in [0.1, 0.15) is 17.3 Å². The second-order valence-corrected chi connectivity index (χ2v) is 3.98. The van der Waals surface area contributed by atoms with E-state index in [1.165, 1.54) is 18.2 Å². The van der Waals surface area contributed by atoms with Gasteiger partial charge in [0.05, 0.1) is 0 Å². The summed E-state index contributed by atoms with van der Waals surface area (Å²) in [5, 5.41) is 2.56. The molecular weight excluding hydrogens is 247 g/mol. The van der Waals surface area contributed by atoms with Gasteiger partial charge in [0.1, 0.15) is 11.4 Å². The van der Waals surface area contributed by atoms with Crippen molar-refractivity contribution in [2.24, 2.45) is 0 Å². The molecular formula is C14H13FN2O2. The minimum atomic E-state index is -0.465. The number of carbonyl (C=O) groups is 1. The third kappa shape index (κ3) is 2.88. The highest BCUT2D eigenvalue weighted by molar-refractivity contribution is 5.94. The summed E-state index contributed by atoms with van der Waals surface area (Å²) in [7, 11) is 0. The predicted octanol–water partition coefficient (Wildman–Crippen LogP) is 1.93. The molecule has 0 fully saturated rings. The maximum Gasteiger partial charge on any atom is 0.261 e. The van der Waals surface area contributed by atoms with E-state index in [1.54, 1.807) is 25.1 Å². The number of hydrogen-bond acceptors (Lipinski definition) is 2. The van der Waals surface area contributed by atoms with Crippen molar-refractivity contribution in [3.63, 3.8) is 0 Å². The fourth-order valence-corrected chi connectivity index (χ4v) is 1.71. The Morgan fingerprint density at radius 3 is 2.47 bits per heavy atom. The van der Waals surface area contributed by atoms with Crippen LogP contribution in [0.25, 0.3) is 11.3 Å². The van der Waals surface area contributed by atoms with E-state index in [1.807, 2.05) is 0 Å². The molecule has 1 heterocycles. The average Bonchev–Trinajstić information content (AvgIpc) is 2.39. The molecule has 0 spiro atoms. The highest BCUT2D eigenvalue weighted by atomic mass is 19.1. The largest absolute Gasteiger partial charge is 0.352 e. The molecule has 0 aliphatic carbocycles. The Morgan fingerprint density at radius 1 is 1.21 bits per heavy atom. The number of nitrogens with one attached hydrogen (secondary N) is 2. The summed E-state index contributed by atoms with van der Waals surface area (Å²) < 4.78 is 12.8. The van der Waals surface area contributed by atoms with Crippen LogP contribution in [0.5, 0.6) is 0 Å². The second-order valence-electron chi connectivity index (χ2n) is 3.98. The van der Waals surface area contributed by atoms with Gasteiger partial charge in [0, 0.05) is 12.2 Å². The van der Waals surface area contributed by atoms with Gasteiger partial charge in [-0.05, 0) is 48.9 Å². The van der Waals surface area contributed by atoms with E-state index in [4.69, 9.17) is 0 Å². The summed E-state index contributed by atoms with van der Waals surface area (Å²) in [5.41, 5.74) is 0.819. The molecule has 2 aromatic rings. The minimum absolute atomic E-state index is 0.0627. The van der Waals surface area contributed by atoms with Gasteiger partial charge in [-0.1, -0.05) is 0 Å². The van der Waals surface area contributed by atoms with Crippen LogP contribution in [0.15, 0.2) is 41.2 Å². The predicted molar refractivity (Wildman–Crippen MR) is 70.5 cm³/mol. The van der Waals surface area contributed by atoms with Gasteiger partial charge in [-0.2, -0.15) is 0 Å². The van der Waals surface area contributed by atoms with E-state index in [9.17, 15) is 14.0 Å². The zero-order valence-electron chi connectivity index (χ0n) is 10.4. The summed E-state index contributed by atoms with van der Waals surface area (Å²) in [4.78, 5) is 26.0. The van der Waals surface area contributed by atoms with E-state index in [0.717, 1.165) is 0 Å². The minimum Gasteiger partial charge on any atom is -0.352 e. The molecule has 98 valence electrons. The van der Waals surface area contributed by atoms with Crippen molar-refractivity contribution < 1.29 is 9.18 Å². The van der Waals surface area contributed by atoms with Gasteiger partial charge in [-0.25, -0.2) is 4.39 Å². The molecule has 4 nitrogen and oxygen atoms in total. The molecule has 19 heavy (non-hydrogen) atoms. The highest BCUT2D eigenvalue weighted by Crippen LogP contribution is 2.15. The molecule has 1 amide bonds. The molecule has 2 rings (SSSR count). The van der Waals surface area contributed by atoms with Crippen molar-refractivity contribution >= 4 is 5.91 Å². The van der Waals surface area contributed by atoms with Crippen molar-refractivity contribution in [3.8, 4) is 11.3 Å². The van der Waals surface area contributed by atoms with Gasteiger partial charge < -0.3 is 10.3 Å². The molecule has 5 heteroatoms. The first-order chi connectivity index (χ1) is 9.11. The van der Waals surface area contributed by atoms with Crippen LogP contribution in [-0.2, 0) is 0 Å². The summed E-state index contributed by atoms with van der Waals surface area (Å²) in [6, 6.07) is 8.83. The van der Waals surface area contributed by atoms with E-state index in [2.05, 4.69) is 10.3 Å². The number of amides is 1. The van der Waals surface area contributed by atoms with Gasteiger partial charge in [0.2, 0.25) is 0 Å². The number of carbonyl (C=O) groups excluding carboxylic acids is 1. The van der Waals surface area contributed by atoms with Crippen molar-refractivity contribution in [1.29, 1.82) is 0 Å². The van der Waals surface area contributed by atoms with Crippen LogP contribution in [0.4, 0.5) is 4.39 Å². The van der Waals surface area contributed by atoms with Crippen LogP contribution in [0, 0.1) is 5.82 Å². The van der Waals surface area contributed by atoms with Crippen molar-refractivity contribution in [2.75, 3.05) is 6.54 Å². The maximum atomic E-state index is 12.8. The lowest BCUT2D eigenvalue weighted by atomic mass is 10.1. The third-order valence-corrected chi connectivity index (χ3v) is 2.65. The first-order valence-corrected chi connectivity index (χ1v) is 5.89. The Balaban J connectivity index is 2.36. The number of aromatic nitrogens is 1. The lowest BCUT2D eigenvalue weighted by Crippen LogP contribution is -2.29. The molecule has 0 unspecified atom stereocenters. The number of H-pyrrole nitrogens is 1. The van der Waals surface area contributed by atoms with Crippen LogP contribution in [0.3, 0.4) is 0 Å².